The molecule has 0 aliphatic rings. The molecule has 4 N–H and O–H groups in total. The predicted octanol–water partition coefficient (Wildman–Crippen LogP) is 1.56. The first-order valence-corrected chi connectivity index (χ1v) is 9.60. The van der Waals surface area contributed by atoms with Crippen LogP contribution >= 0.6 is 0 Å². The molecule has 7 nitrogen and oxygen atoms in total. The molecule has 0 aliphatic carbocycles. The largest absolute Gasteiger partial charge is 0.483 e. The standard InChI is InChI=1S/C18H23N3O4S/c1-13-5-3-6-14(2)18(13)25-12-17(22)21-15-7-4-8-16(11-15)26(23,24)20-10-9-19/h3-8,11,20H,9-10,12,19H2,1-2H3,(H,21,22). The van der Waals surface area contributed by atoms with Gasteiger partial charge < -0.3 is 15.8 Å². The summed E-state index contributed by atoms with van der Waals surface area (Å²) in [5.41, 5.74) is 7.57. The van der Waals surface area contributed by atoms with Gasteiger partial charge in [-0.3, -0.25) is 4.79 Å². The molecule has 0 bridgehead atoms. The monoisotopic (exact) mass is 377 g/mol. The lowest BCUT2D eigenvalue weighted by Gasteiger charge is -2.12. The number of nitrogens with two attached hydrogens (primary N) is 1. The number of aryl methyl sites for hydroxylation is 2. The molecular weight excluding hydrogens is 354 g/mol. The first-order chi connectivity index (χ1) is 12.3. The van der Waals surface area contributed by atoms with Crippen LogP contribution in [0.4, 0.5) is 5.69 Å². The van der Waals surface area contributed by atoms with Crippen molar-refractivity contribution in [2.75, 3.05) is 25.0 Å². The lowest BCUT2D eigenvalue weighted by molar-refractivity contribution is -0.118. The molecule has 140 valence electrons. The minimum atomic E-state index is -3.66. The van der Waals surface area contributed by atoms with Crippen LogP contribution in [0.3, 0.4) is 0 Å². The molecule has 0 fully saturated rings. The minimum Gasteiger partial charge on any atom is -0.483 e. The average Bonchev–Trinajstić information content (AvgIpc) is 2.60. The number of ether oxygens (including phenoxy) is 1. The lowest BCUT2D eigenvalue weighted by atomic mass is 10.1. The number of sulfonamides is 1. The lowest BCUT2D eigenvalue weighted by Crippen LogP contribution is -2.29. The number of hydrogen-bond donors (Lipinski definition) is 3. The Morgan fingerprint density at radius 2 is 1.77 bits per heavy atom. The Balaban J connectivity index is 2.02. The number of carbonyl (C=O) groups excluding carboxylic acids is 1. The zero-order valence-electron chi connectivity index (χ0n) is 14.8. The summed E-state index contributed by atoms with van der Waals surface area (Å²) in [6, 6.07) is 11.7. The third-order valence-corrected chi connectivity index (χ3v) is 5.08. The molecule has 2 aromatic carbocycles. The van der Waals surface area contributed by atoms with E-state index in [1.165, 1.54) is 12.1 Å². The van der Waals surface area contributed by atoms with E-state index in [0.29, 0.717) is 11.4 Å². The van der Waals surface area contributed by atoms with E-state index in [0.717, 1.165) is 11.1 Å². The van der Waals surface area contributed by atoms with Gasteiger partial charge in [0.1, 0.15) is 5.75 Å². The number of hydrogen-bond acceptors (Lipinski definition) is 5. The van der Waals surface area contributed by atoms with Crippen LogP contribution in [0.25, 0.3) is 0 Å². The quantitative estimate of drug-likeness (QED) is 0.647. The molecule has 0 aliphatic heterocycles. The van der Waals surface area contributed by atoms with E-state index < -0.39 is 10.0 Å². The smallest absolute Gasteiger partial charge is 0.262 e. The van der Waals surface area contributed by atoms with Gasteiger partial charge in [-0.25, -0.2) is 13.1 Å². The van der Waals surface area contributed by atoms with Gasteiger partial charge in [-0.15, -0.1) is 0 Å². The molecule has 0 atom stereocenters. The van der Waals surface area contributed by atoms with Crippen molar-refractivity contribution in [2.45, 2.75) is 18.7 Å². The first-order valence-electron chi connectivity index (χ1n) is 8.12. The Labute approximate surface area is 153 Å². The maximum Gasteiger partial charge on any atom is 0.262 e. The Morgan fingerprint density at radius 1 is 1.12 bits per heavy atom. The van der Waals surface area contributed by atoms with Crippen molar-refractivity contribution < 1.29 is 17.9 Å². The van der Waals surface area contributed by atoms with E-state index in [4.69, 9.17) is 10.5 Å². The summed E-state index contributed by atoms with van der Waals surface area (Å²) in [4.78, 5) is 12.2. The van der Waals surface area contributed by atoms with Crippen molar-refractivity contribution >= 4 is 21.6 Å². The van der Waals surface area contributed by atoms with E-state index in [9.17, 15) is 13.2 Å². The SMILES string of the molecule is Cc1cccc(C)c1OCC(=O)Nc1cccc(S(=O)(=O)NCCN)c1. The third kappa shape index (κ3) is 5.29. The molecule has 1 amide bonds. The maximum atomic E-state index is 12.1. The fourth-order valence-electron chi connectivity index (χ4n) is 2.38. The fraction of sp³-hybridized carbons (Fsp3) is 0.278. The molecular formula is C18H23N3O4S. The number of anilines is 1. The minimum absolute atomic E-state index is 0.0550. The number of carbonyl (C=O) groups is 1. The molecule has 26 heavy (non-hydrogen) atoms. The molecule has 0 heterocycles. The van der Waals surface area contributed by atoms with Crippen molar-refractivity contribution in [3.63, 3.8) is 0 Å². The van der Waals surface area contributed by atoms with E-state index in [2.05, 4.69) is 10.0 Å². The molecule has 0 aromatic heterocycles. The van der Waals surface area contributed by atoms with E-state index in [-0.39, 0.29) is 30.5 Å². The van der Waals surface area contributed by atoms with Gasteiger partial charge in [0.05, 0.1) is 4.90 Å². The molecule has 0 saturated heterocycles. The summed E-state index contributed by atoms with van der Waals surface area (Å²) in [5, 5.41) is 2.64. The van der Waals surface area contributed by atoms with Gasteiger partial charge in [-0.2, -0.15) is 0 Å². The van der Waals surface area contributed by atoms with Crippen molar-refractivity contribution in [1.29, 1.82) is 0 Å². The number of para-hydroxylation sites is 1. The molecule has 2 rings (SSSR count). The van der Waals surface area contributed by atoms with Gasteiger partial charge in [0, 0.05) is 18.8 Å². The van der Waals surface area contributed by atoms with Gasteiger partial charge in [-0.1, -0.05) is 24.3 Å². The fourth-order valence-corrected chi connectivity index (χ4v) is 3.47. The van der Waals surface area contributed by atoms with Gasteiger partial charge in [0.2, 0.25) is 10.0 Å². The zero-order chi connectivity index (χ0) is 19.2. The van der Waals surface area contributed by atoms with Crippen LogP contribution in [0.2, 0.25) is 0 Å². The van der Waals surface area contributed by atoms with E-state index in [1.807, 2.05) is 32.0 Å². The van der Waals surface area contributed by atoms with Crippen molar-refractivity contribution in [2.24, 2.45) is 5.73 Å². The second kappa shape index (κ2) is 8.79. The topological polar surface area (TPSA) is 111 Å². The molecule has 0 saturated carbocycles. The summed E-state index contributed by atoms with van der Waals surface area (Å²) >= 11 is 0. The van der Waals surface area contributed by atoms with Crippen molar-refractivity contribution in [3.8, 4) is 5.75 Å². The highest BCUT2D eigenvalue weighted by molar-refractivity contribution is 7.89. The number of rotatable bonds is 8. The predicted molar refractivity (Wildman–Crippen MR) is 101 cm³/mol. The molecule has 0 radical (unpaired) electrons. The highest BCUT2D eigenvalue weighted by Gasteiger charge is 2.14. The third-order valence-electron chi connectivity index (χ3n) is 3.62. The summed E-state index contributed by atoms with van der Waals surface area (Å²) < 4.78 is 32.2. The van der Waals surface area contributed by atoms with Crippen molar-refractivity contribution in [3.05, 3.63) is 53.6 Å². The second-order valence-electron chi connectivity index (χ2n) is 5.77. The van der Waals surface area contributed by atoms with Gasteiger partial charge in [-0.05, 0) is 43.2 Å². The summed E-state index contributed by atoms with van der Waals surface area (Å²) in [6.45, 7) is 3.98. The van der Waals surface area contributed by atoms with Crippen LogP contribution in [-0.4, -0.2) is 34.0 Å². The normalized spacial score (nSPS) is 11.2. The molecule has 0 unspecified atom stereocenters. The van der Waals surface area contributed by atoms with Crippen LogP contribution in [0.15, 0.2) is 47.4 Å². The van der Waals surface area contributed by atoms with Gasteiger partial charge in [0.15, 0.2) is 6.61 Å². The Morgan fingerprint density at radius 3 is 2.42 bits per heavy atom. The highest BCUT2D eigenvalue weighted by atomic mass is 32.2. The number of amides is 1. The van der Waals surface area contributed by atoms with Gasteiger partial charge in [0.25, 0.3) is 5.91 Å². The van der Waals surface area contributed by atoms with E-state index in [1.54, 1.807) is 12.1 Å². The van der Waals surface area contributed by atoms with Crippen LogP contribution in [0.5, 0.6) is 5.75 Å². The highest BCUT2D eigenvalue weighted by Crippen LogP contribution is 2.22. The second-order valence-corrected chi connectivity index (χ2v) is 7.54. The number of nitrogens with one attached hydrogen (secondary N) is 2. The molecule has 8 heteroatoms. The zero-order valence-corrected chi connectivity index (χ0v) is 15.6. The van der Waals surface area contributed by atoms with Crippen LogP contribution < -0.4 is 20.5 Å². The summed E-state index contributed by atoms with van der Waals surface area (Å²) in [6.07, 6.45) is 0. The van der Waals surface area contributed by atoms with Crippen LogP contribution in [0.1, 0.15) is 11.1 Å². The first kappa shape index (κ1) is 19.9. The van der Waals surface area contributed by atoms with Crippen LogP contribution in [0, 0.1) is 13.8 Å². The summed E-state index contributed by atoms with van der Waals surface area (Å²) in [7, 11) is -3.66. The van der Waals surface area contributed by atoms with Crippen LogP contribution in [-0.2, 0) is 14.8 Å². The average molecular weight is 377 g/mol. The molecule has 2 aromatic rings. The Bertz CT molecular complexity index is 862. The van der Waals surface area contributed by atoms with Crippen molar-refractivity contribution in [1.82, 2.24) is 4.72 Å². The Kier molecular flexibility index (Phi) is 6.73. The van der Waals surface area contributed by atoms with Gasteiger partial charge >= 0.3 is 0 Å². The molecule has 0 spiro atoms. The number of benzene rings is 2. The van der Waals surface area contributed by atoms with E-state index >= 15 is 0 Å². The maximum absolute atomic E-state index is 12.1. The summed E-state index contributed by atoms with van der Waals surface area (Å²) in [5.74, 6) is 0.294. The Hall–Kier alpha value is -2.42.